The number of aliphatic hydroxyl groups is 2. The summed E-state index contributed by atoms with van der Waals surface area (Å²) >= 11 is 0. The summed E-state index contributed by atoms with van der Waals surface area (Å²) in [4.78, 5) is 23.2. The molecule has 0 aliphatic rings. The molecule has 0 aliphatic carbocycles. The van der Waals surface area contributed by atoms with E-state index in [4.69, 9.17) is 10.2 Å². The van der Waals surface area contributed by atoms with Crippen molar-refractivity contribution < 1.29 is 20.1 Å². The summed E-state index contributed by atoms with van der Waals surface area (Å²) < 4.78 is 1.38. The van der Waals surface area contributed by atoms with Gasteiger partial charge in [-0.1, -0.05) is 6.92 Å². The largest absolute Gasteiger partial charge is 0.478 e. The van der Waals surface area contributed by atoms with E-state index in [0.29, 0.717) is 22.9 Å². The molecule has 1 heterocycles. The maximum Gasteiger partial charge on any atom is 0.335 e. The van der Waals surface area contributed by atoms with Crippen molar-refractivity contribution in [2.45, 2.75) is 26.0 Å². The van der Waals surface area contributed by atoms with Crippen molar-refractivity contribution in [1.29, 1.82) is 0 Å². The van der Waals surface area contributed by atoms with Gasteiger partial charge in [0.1, 0.15) is 0 Å². The monoisotopic (exact) mass is 291 g/mol. The third kappa shape index (κ3) is 2.96. The fraction of sp³-hybridized carbons (Fsp3) is 0.333. The molecule has 2 aromatic rings. The van der Waals surface area contributed by atoms with Crippen LogP contribution in [0.15, 0.2) is 29.1 Å². The Kier molecular flexibility index (Phi) is 4.40. The number of carbonyl (C=O) groups is 1. The van der Waals surface area contributed by atoms with Gasteiger partial charge in [-0.25, -0.2) is 4.79 Å². The summed E-state index contributed by atoms with van der Waals surface area (Å²) in [5.74, 6) is -1.03. The summed E-state index contributed by atoms with van der Waals surface area (Å²) in [6.07, 6.45) is -0.492. The average Bonchev–Trinajstić information content (AvgIpc) is 2.48. The number of aromatic carboxylic acids is 1. The molecule has 1 aromatic heterocycles. The first-order valence-corrected chi connectivity index (χ1v) is 6.66. The third-order valence-corrected chi connectivity index (χ3v) is 3.39. The van der Waals surface area contributed by atoms with E-state index in [1.54, 1.807) is 6.07 Å². The predicted octanol–water partition coefficient (Wildman–Crippen LogP) is 0.615. The molecule has 0 saturated heterocycles. The van der Waals surface area contributed by atoms with Gasteiger partial charge in [-0.2, -0.15) is 0 Å². The van der Waals surface area contributed by atoms with Crippen LogP contribution < -0.4 is 5.56 Å². The van der Waals surface area contributed by atoms with E-state index >= 15 is 0 Å². The van der Waals surface area contributed by atoms with Crippen molar-refractivity contribution in [2.24, 2.45) is 0 Å². The minimum atomic E-state index is -1.04. The molecule has 112 valence electrons. The number of fused-ring (bicyclic) bond motifs is 1. The second-order valence-corrected chi connectivity index (χ2v) is 4.85. The summed E-state index contributed by atoms with van der Waals surface area (Å²) in [6.45, 7) is 1.38. The van der Waals surface area contributed by atoms with Crippen LogP contribution in [-0.4, -0.2) is 38.6 Å². The topological polar surface area (TPSA) is 99.8 Å². The van der Waals surface area contributed by atoms with Gasteiger partial charge in [-0.3, -0.25) is 4.79 Å². The van der Waals surface area contributed by atoms with Crippen LogP contribution in [0, 0.1) is 0 Å². The second kappa shape index (κ2) is 6.07. The zero-order valence-electron chi connectivity index (χ0n) is 11.6. The summed E-state index contributed by atoms with van der Waals surface area (Å²) in [6, 6.07) is 5.94. The Morgan fingerprint density at radius 2 is 2.05 bits per heavy atom. The number of pyridine rings is 1. The van der Waals surface area contributed by atoms with E-state index in [-0.39, 0.29) is 17.7 Å². The lowest BCUT2D eigenvalue weighted by Gasteiger charge is -2.16. The van der Waals surface area contributed by atoms with E-state index in [0.717, 1.165) is 0 Å². The van der Waals surface area contributed by atoms with Gasteiger partial charge in [-0.05, 0) is 35.6 Å². The number of nitrogens with zero attached hydrogens (tertiary/aromatic N) is 1. The van der Waals surface area contributed by atoms with Gasteiger partial charge >= 0.3 is 5.97 Å². The first-order valence-electron chi connectivity index (χ1n) is 6.66. The Labute approximate surface area is 120 Å². The van der Waals surface area contributed by atoms with E-state index in [2.05, 4.69) is 0 Å². The molecule has 0 aliphatic heterocycles. The van der Waals surface area contributed by atoms with Crippen molar-refractivity contribution in [2.75, 3.05) is 6.61 Å². The summed E-state index contributed by atoms with van der Waals surface area (Å²) in [5, 5.41) is 28.3. The summed E-state index contributed by atoms with van der Waals surface area (Å²) in [5.41, 5.74) is 1.18. The number of hydrogen-bond acceptors (Lipinski definition) is 4. The molecule has 6 heteroatoms. The lowest BCUT2D eigenvalue weighted by molar-refractivity contribution is 0.0697. The maximum atomic E-state index is 12.0. The molecule has 0 amide bonds. The molecule has 3 N–H and O–H groups in total. The highest BCUT2D eigenvalue weighted by Gasteiger charge is 2.14. The highest BCUT2D eigenvalue weighted by atomic mass is 16.4. The van der Waals surface area contributed by atoms with Crippen LogP contribution in [0.2, 0.25) is 0 Å². The van der Waals surface area contributed by atoms with Crippen LogP contribution in [0.4, 0.5) is 0 Å². The van der Waals surface area contributed by atoms with Crippen molar-refractivity contribution in [1.82, 2.24) is 4.57 Å². The molecule has 0 bridgehead atoms. The molecular formula is C15H17NO5. The Morgan fingerprint density at radius 1 is 1.33 bits per heavy atom. The van der Waals surface area contributed by atoms with Crippen LogP contribution in [0.1, 0.15) is 22.8 Å². The first kappa shape index (κ1) is 15.2. The maximum absolute atomic E-state index is 12.0. The molecule has 0 fully saturated rings. The van der Waals surface area contributed by atoms with Gasteiger partial charge in [0.15, 0.2) is 0 Å². The number of aromatic nitrogens is 1. The van der Waals surface area contributed by atoms with Gasteiger partial charge < -0.3 is 19.9 Å². The van der Waals surface area contributed by atoms with Crippen LogP contribution in [-0.2, 0) is 13.0 Å². The fourth-order valence-corrected chi connectivity index (χ4v) is 2.38. The molecular weight excluding hydrogens is 274 g/mol. The van der Waals surface area contributed by atoms with Gasteiger partial charge in [0.05, 0.1) is 30.3 Å². The average molecular weight is 291 g/mol. The highest BCUT2D eigenvalue weighted by molar-refractivity contribution is 5.94. The van der Waals surface area contributed by atoms with E-state index < -0.39 is 18.7 Å². The Hall–Kier alpha value is -2.18. The fourth-order valence-electron chi connectivity index (χ4n) is 2.38. The van der Waals surface area contributed by atoms with E-state index in [9.17, 15) is 14.7 Å². The van der Waals surface area contributed by atoms with Crippen molar-refractivity contribution in [3.8, 4) is 0 Å². The molecule has 1 atom stereocenters. The number of aliphatic hydroxyl groups excluding tert-OH is 2. The Morgan fingerprint density at radius 3 is 2.62 bits per heavy atom. The molecule has 6 nitrogen and oxygen atoms in total. The van der Waals surface area contributed by atoms with Crippen molar-refractivity contribution in [3.05, 3.63) is 45.7 Å². The smallest absolute Gasteiger partial charge is 0.335 e. The van der Waals surface area contributed by atoms with Crippen LogP contribution in [0.25, 0.3) is 10.9 Å². The van der Waals surface area contributed by atoms with Gasteiger partial charge in [-0.15, -0.1) is 0 Å². The minimum Gasteiger partial charge on any atom is -0.478 e. The molecule has 1 unspecified atom stereocenters. The lowest BCUT2D eigenvalue weighted by atomic mass is 10.0. The standard InChI is InChI=1S/C15H17NO5/c1-2-9-5-11(15(20)21)6-10-3-4-13(19)16(14(9)10)7-12(18)8-17/h3-6,12,17-18H,2,7-8H2,1H3,(H,20,21). The molecule has 2 rings (SSSR count). The van der Waals surface area contributed by atoms with Crippen LogP contribution >= 0.6 is 0 Å². The number of carboxylic acids is 1. The van der Waals surface area contributed by atoms with Crippen molar-refractivity contribution in [3.63, 3.8) is 0 Å². The predicted molar refractivity (Wildman–Crippen MR) is 77.6 cm³/mol. The molecule has 0 radical (unpaired) electrons. The van der Waals surface area contributed by atoms with Crippen molar-refractivity contribution >= 4 is 16.9 Å². The molecule has 21 heavy (non-hydrogen) atoms. The summed E-state index contributed by atoms with van der Waals surface area (Å²) in [7, 11) is 0. The quantitative estimate of drug-likeness (QED) is 0.749. The Bertz CT molecular complexity index is 735. The number of hydrogen-bond donors (Lipinski definition) is 3. The molecule has 0 spiro atoms. The second-order valence-electron chi connectivity index (χ2n) is 4.85. The number of benzene rings is 1. The number of rotatable bonds is 5. The molecule has 0 saturated carbocycles. The normalized spacial score (nSPS) is 12.5. The van der Waals surface area contributed by atoms with Crippen LogP contribution in [0.3, 0.4) is 0 Å². The number of aryl methyl sites for hydroxylation is 1. The zero-order valence-corrected chi connectivity index (χ0v) is 11.6. The van der Waals surface area contributed by atoms with Gasteiger partial charge in [0.25, 0.3) is 5.56 Å². The van der Waals surface area contributed by atoms with Gasteiger partial charge in [0, 0.05) is 6.07 Å². The van der Waals surface area contributed by atoms with Gasteiger partial charge in [0.2, 0.25) is 0 Å². The SMILES string of the molecule is CCc1cc(C(=O)O)cc2ccc(=O)n(CC(O)CO)c12. The minimum absolute atomic E-state index is 0.0356. The third-order valence-electron chi connectivity index (χ3n) is 3.39. The number of carboxylic acid groups (broad SMARTS) is 1. The van der Waals surface area contributed by atoms with Crippen LogP contribution in [0.5, 0.6) is 0 Å². The van der Waals surface area contributed by atoms with E-state index in [1.165, 1.54) is 22.8 Å². The first-order chi connectivity index (χ1) is 9.97. The Balaban J connectivity index is 2.76. The zero-order chi connectivity index (χ0) is 15.6. The molecule has 1 aromatic carbocycles. The highest BCUT2D eigenvalue weighted by Crippen LogP contribution is 2.21. The van der Waals surface area contributed by atoms with E-state index in [1.807, 2.05) is 6.92 Å². The lowest BCUT2D eigenvalue weighted by Crippen LogP contribution is -2.28.